The maximum absolute atomic E-state index is 12.8. The van der Waals surface area contributed by atoms with Crippen LogP contribution in [0.1, 0.15) is 65.7 Å². The first-order valence-electron chi connectivity index (χ1n) is 7.87. The summed E-state index contributed by atoms with van der Waals surface area (Å²) in [5.74, 6) is 0.426. The van der Waals surface area contributed by atoms with E-state index in [1.54, 1.807) is 0 Å². The molecule has 0 aromatic carbocycles. The van der Waals surface area contributed by atoms with E-state index in [1.165, 1.54) is 12.8 Å². The molecule has 1 heterocycles. The van der Waals surface area contributed by atoms with Crippen LogP contribution in [0.3, 0.4) is 0 Å². The summed E-state index contributed by atoms with van der Waals surface area (Å²) in [6.07, 6.45) is 7.29. The first-order chi connectivity index (χ1) is 9.05. The topological polar surface area (TPSA) is 35.5 Å². The third kappa shape index (κ3) is 3.03. The highest BCUT2D eigenvalue weighted by atomic mass is 16.5. The van der Waals surface area contributed by atoms with Crippen molar-refractivity contribution in [2.75, 3.05) is 13.2 Å². The van der Waals surface area contributed by atoms with Gasteiger partial charge in [-0.15, -0.1) is 0 Å². The average Bonchev–Trinajstić information content (AvgIpc) is 2.86. The monoisotopic (exact) mass is 268 g/mol. The van der Waals surface area contributed by atoms with Crippen LogP contribution in [0, 0.1) is 5.92 Å². The van der Waals surface area contributed by atoms with Crippen molar-refractivity contribution in [2.45, 2.75) is 76.9 Å². The van der Waals surface area contributed by atoms with Gasteiger partial charge in [0, 0.05) is 19.1 Å². The molecule has 0 aromatic rings. The van der Waals surface area contributed by atoms with E-state index in [9.17, 15) is 4.79 Å². The molecule has 2 atom stereocenters. The van der Waals surface area contributed by atoms with Crippen LogP contribution in [0.4, 0.5) is 0 Å². The van der Waals surface area contributed by atoms with E-state index < -0.39 is 5.60 Å². The molecule has 0 aromatic heterocycles. The van der Waals surface area contributed by atoms with Gasteiger partial charge in [0.15, 0.2) is 5.78 Å². The normalized spacial score (nSPS) is 29.3. The molecule has 0 radical (unpaired) electrons. The van der Waals surface area contributed by atoms with Gasteiger partial charge in [0.2, 0.25) is 0 Å². The molecule has 0 bridgehead atoms. The number of ether oxygens (including phenoxy) is 2. The predicted octanol–water partition coefficient (Wildman–Crippen LogP) is 3.50. The van der Waals surface area contributed by atoms with Gasteiger partial charge >= 0.3 is 0 Å². The molecular formula is C16H28O3. The smallest absolute Gasteiger partial charge is 0.167 e. The van der Waals surface area contributed by atoms with Crippen molar-refractivity contribution < 1.29 is 14.3 Å². The maximum atomic E-state index is 12.8. The molecule has 110 valence electrons. The second-order valence-electron chi connectivity index (χ2n) is 6.31. The SMILES string of the molecule is CCOC(C)(CC)C(=O)C1CCOC2(CCCC2)C1. The molecule has 1 aliphatic carbocycles. The van der Waals surface area contributed by atoms with Gasteiger partial charge in [0.05, 0.1) is 5.60 Å². The van der Waals surface area contributed by atoms with Gasteiger partial charge < -0.3 is 9.47 Å². The van der Waals surface area contributed by atoms with Gasteiger partial charge in [0.25, 0.3) is 0 Å². The summed E-state index contributed by atoms with van der Waals surface area (Å²) in [5.41, 5.74) is -0.587. The third-order valence-electron chi connectivity index (χ3n) is 5.04. The second kappa shape index (κ2) is 5.92. The first kappa shape index (κ1) is 15.0. The minimum Gasteiger partial charge on any atom is -0.375 e. The second-order valence-corrected chi connectivity index (χ2v) is 6.31. The zero-order chi connectivity index (χ0) is 13.9. The Labute approximate surface area is 117 Å². The average molecular weight is 268 g/mol. The zero-order valence-corrected chi connectivity index (χ0v) is 12.7. The van der Waals surface area contributed by atoms with Crippen LogP contribution in [0.25, 0.3) is 0 Å². The van der Waals surface area contributed by atoms with Gasteiger partial charge in [-0.25, -0.2) is 0 Å². The summed E-state index contributed by atoms with van der Waals surface area (Å²) < 4.78 is 11.8. The van der Waals surface area contributed by atoms with Crippen LogP contribution >= 0.6 is 0 Å². The van der Waals surface area contributed by atoms with Crippen molar-refractivity contribution in [3.63, 3.8) is 0 Å². The molecule has 3 nitrogen and oxygen atoms in total. The lowest BCUT2D eigenvalue weighted by molar-refractivity contribution is -0.157. The van der Waals surface area contributed by atoms with Gasteiger partial charge in [-0.1, -0.05) is 19.8 Å². The Morgan fingerprint density at radius 1 is 1.37 bits per heavy atom. The van der Waals surface area contributed by atoms with E-state index in [-0.39, 0.29) is 11.5 Å². The number of ketones is 1. The van der Waals surface area contributed by atoms with Crippen LogP contribution < -0.4 is 0 Å². The number of hydrogen-bond acceptors (Lipinski definition) is 3. The molecule has 1 aliphatic heterocycles. The molecule has 1 saturated carbocycles. The molecule has 0 N–H and O–H groups in total. The highest BCUT2D eigenvalue weighted by Crippen LogP contribution is 2.43. The molecule has 2 unspecified atom stereocenters. The van der Waals surface area contributed by atoms with Crippen molar-refractivity contribution in [3.8, 4) is 0 Å². The quantitative estimate of drug-likeness (QED) is 0.765. The highest BCUT2D eigenvalue weighted by molar-refractivity contribution is 5.89. The third-order valence-corrected chi connectivity index (χ3v) is 5.04. The Hall–Kier alpha value is -0.410. The van der Waals surface area contributed by atoms with Crippen molar-refractivity contribution >= 4 is 5.78 Å². The minimum atomic E-state index is -0.601. The van der Waals surface area contributed by atoms with Crippen molar-refractivity contribution in [3.05, 3.63) is 0 Å². The molecular weight excluding hydrogens is 240 g/mol. The van der Waals surface area contributed by atoms with Gasteiger partial charge in [-0.3, -0.25) is 4.79 Å². The summed E-state index contributed by atoms with van der Waals surface area (Å²) in [4.78, 5) is 12.8. The Morgan fingerprint density at radius 2 is 2.05 bits per heavy atom. The van der Waals surface area contributed by atoms with Gasteiger partial charge in [0.1, 0.15) is 5.60 Å². The van der Waals surface area contributed by atoms with Crippen molar-refractivity contribution in [1.82, 2.24) is 0 Å². The number of carbonyl (C=O) groups is 1. The predicted molar refractivity (Wildman–Crippen MR) is 75.2 cm³/mol. The summed E-state index contributed by atoms with van der Waals surface area (Å²) in [6, 6.07) is 0. The van der Waals surface area contributed by atoms with E-state index >= 15 is 0 Å². The molecule has 2 rings (SSSR count). The largest absolute Gasteiger partial charge is 0.375 e. The van der Waals surface area contributed by atoms with Crippen LogP contribution in [0.2, 0.25) is 0 Å². The van der Waals surface area contributed by atoms with Crippen LogP contribution in [-0.4, -0.2) is 30.2 Å². The fourth-order valence-corrected chi connectivity index (χ4v) is 3.72. The number of Topliss-reactive ketones (excluding diaryl/α,β-unsaturated/α-hetero) is 1. The fraction of sp³-hybridized carbons (Fsp3) is 0.938. The Balaban J connectivity index is 2.06. The highest BCUT2D eigenvalue weighted by Gasteiger charge is 2.45. The lowest BCUT2D eigenvalue weighted by atomic mass is 9.77. The Morgan fingerprint density at radius 3 is 2.63 bits per heavy atom. The summed E-state index contributed by atoms with van der Waals surface area (Å²) >= 11 is 0. The first-order valence-corrected chi connectivity index (χ1v) is 7.87. The molecule has 1 saturated heterocycles. The van der Waals surface area contributed by atoms with E-state index in [4.69, 9.17) is 9.47 Å². The van der Waals surface area contributed by atoms with Crippen LogP contribution in [0.5, 0.6) is 0 Å². The molecule has 1 spiro atoms. The lowest BCUT2D eigenvalue weighted by Gasteiger charge is -2.40. The zero-order valence-electron chi connectivity index (χ0n) is 12.7. The molecule has 19 heavy (non-hydrogen) atoms. The molecule has 2 fully saturated rings. The van der Waals surface area contributed by atoms with Crippen LogP contribution in [0.15, 0.2) is 0 Å². The number of carbonyl (C=O) groups excluding carboxylic acids is 1. The molecule has 0 amide bonds. The van der Waals surface area contributed by atoms with E-state index in [0.717, 1.165) is 38.7 Å². The van der Waals surface area contributed by atoms with Crippen LogP contribution in [-0.2, 0) is 14.3 Å². The van der Waals surface area contributed by atoms with Gasteiger partial charge in [-0.2, -0.15) is 0 Å². The van der Waals surface area contributed by atoms with E-state index in [0.29, 0.717) is 12.4 Å². The van der Waals surface area contributed by atoms with Gasteiger partial charge in [-0.05, 0) is 46.0 Å². The maximum Gasteiger partial charge on any atom is 0.167 e. The van der Waals surface area contributed by atoms with E-state index in [1.807, 2.05) is 20.8 Å². The van der Waals surface area contributed by atoms with Crippen molar-refractivity contribution in [2.24, 2.45) is 5.92 Å². The summed E-state index contributed by atoms with van der Waals surface area (Å²) in [5, 5.41) is 0. The summed E-state index contributed by atoms with van der Waals surface area (Å²) in [7, 11) is 0. The van der Waals surface area contributed by atoms with Crippen molar-refractivity contribution in [1.29, 1.82) is 0 Å². The minimum absolute atomic E-state index is 0.0133. The summed E-state index contributed by atoms with van der Waals surface area (Å²) in [6.45, 7) is 7.30. The fourth-order valence-electron chi connectivity index (χ4n) is 3.72. The number of hydrogen-bond donors (Lipinski definition) is 0. The molecule has 2 aliphatic rings. The Kier molecular flexibility index (Phi) is 4.67. The Bertz CT molecular complexity index is 320. The van der Waals surface area contributed by atoms with E-state index in [2.05, 4.69) is 0 Å². The standard InChI is InChI=1S/C16H28O3/c1-4-15(3,18-5-2)14(17)13-8-11-19-16(12-13)9-6-7-10-16/h13H,4-12H2,1-3H3. The lowest BCUT2D eigenvalue weighted by Crippen LogP contribution is -2.47. The number of rotatable bonds is 5. The molecule has 3 heteroatoms.